The van der Waals surface area contributed by atoms with Crippen molar-refractivity contribution in [2.75, 3.05) is 7.11 Å². The van der Waals surface area contributed by atoms with E-state index in [9.17, 15) is 9.59 Å². The summed E-state index contributed by atoms with van der Waals surface area (Å²) in [7, 11) is 1.60. The zero-order valence-electron chi connectivity index (χ0n) is 18.1. The number of ether oxygens (including phenoxy) is 2. The molecule has 168 valence electrons. The van der Waals surface area contributed by atoms with Crippen LogP contribution in [-0.2, 0) is 16.2 Å². The molecule has 0 saturated carbocycles. The van der Waals surface area contributed by atoms with Crippen LogP contribution in [0.15, 0.2) is 52.7 Å². The van der Waals surface area contributed by atoms with Gasteiger partial charge in [0.25, 0.3) is 0 Å². The fraction of sp³-hybridized carbons (Fsp3) is 0.304. The number of carboxylic acids is 1. The van der Waals surface area contributed by atoms with Gasteiger partial charge in [-0.25, -0.2) is 0 Å². The average Bonchev–Trinajstić information content (AvgIpc) is 3.11. The summed E-state index contributed by atoms with van der Waals surface area (Å²) in [4.78, 5) is 22.5. The van der Waals surface area contributed by atoms with E-state index in [0.717, 1.165) is 28.6 Å². The lowest BCUT2D eigenvalue weighted by Crippen LogP contribution is -2.26. The molecule has 0 radical (unpaired) electrons. The lowest BCUT2D eigenvalue weighted by atomic mass is 10.0. The van der Waals surface area contributed by atoms with Gasteiger partial charge in [-0.1, -0.05) is 37.7 Å². The van der Waals surface area contributed by atoms with Crippen molar-refractivity contribution >= 4 is 35.0 Å². The molecule has 0 aromatic heterocycles. The second kappa shape index (κ2) is 10.8. The molecule has 1 unspecified atom stereocenters. The number of aliphatic carboxylic acids is 1. The van der Waals surface area contributed by atoms with Crippen LogP contribution in [-0.4, -0.2) is 40.7 Å². The Labute approximate surface area is 190 Å². The first kappa shape index (κ1) is 23.3. The molecule has 1 aliphatic heterocycles. The highest BCUT2D eigenvalue weighted by Crippen LogP contribution is 2.24. The van der Waals surface area contributed by atoms with Gasteiger partial charge in [-0.3, -0.25) is 9.59 Å². The highest BCUT2D eigenvalue weighted by atomic mass is 32.2. The average molecular weight is 456 g/mol. The fourth-order valence-corrected chi connectivity index (χ4v) is 3.91. The maximum atomic E-state index is 11.8. The number of benzene rings is 2. The topological polar surface area (TPSA) is 110 Å². The van der Waals surface area contributed by atoms with Crippen LogP contribution >= 0.6 is 11.8 Å². The first-order valence-electron chi connectivity index (χ1n) is 10.1. The number of amides is 1. The first-order valence-corrected chi connectivity index (χ1v) is 10.9. The third-order valence-electron chi connectivity index (χ3n) is 4.74. The standard InChI is InChI=1S/C23H25N3O5S/c1-14(2)16-5-7-18(8-6-16)31-13-17-10-15(4-9-19(17)30-3)12-24-26-23-25-22(29)20(32-23)11-21(27)28/h4-10,12,14,20H,11,13H2,1-3H3,(H,27,28)(H,25,26,29). The van der Waals surface area contributed by atoms with Crippen molar-refractivity contribution in [3.63, 3.8) is 0 Å². The maximum absolute atomic E-state index is 11.8. The molecule has 1 fully saturated rings. The molecule has 2 aromatic carbocycles. The molecule has 2 N–H and O–H groups in total. The number of hydrogen-bond donors (Lipinski definition) is 2. The van der Waals surface area contributed by atoms with Crippen LogP contribution in [0.25, 0.3) is 0 Å². The van der Waals surface area contributed by atoms with Gasteiger partial charge in [0.05, 0.1) is 19.7 Å². The Hall–Kier alpha value is -3.33. The summed E-state index contributed by atoms with van der Waals surface area (Å²) in [5.74, 6) is 0.514. The zero-order valence-corrected chi connectivity index (χ0v) is 18.9. The second-order valence-corrected chi connectivity index (χ2v) is 8.62. The van der Waals surface area contributed by atoms with E-state index in [1.165, 1.54) is 5.56 Å². The largest absolute Gasteiger partial charge is 0.496 e. The number of amidine groups is 1. The van der Waals surface area contributed by atoms with Gasteiger partial charge < -0.3 is 19.9 Å². The van der Waals surface area contributed by atoms with Crippen molar-refractivity contribution < 1.29 is 24.2 Å². The number of hydrogen-bond acceptors (Lipinski definition) is 7. The number of methoxy groups -OCH3 is 1. The third kappa shape index (κ3) is 6.34. The highest BCUT2D eigenvalue weighted by Gasteiger charge is 2.32. The Morgan fingerprint density at radius 2 is 2.00 bits per heavy atom. The van der Waals surface area contributed by atoms with Gasteiger partial charge in [0, 0.05) is 5.56 Å². The number of rotatable bonds is 9. The lowest BCUT2D eigenvalue weighted by Gasteiger charge is -2.12. The molecular weight excluding hydrogens is 430 g/mol. The van der Waals surface area contributed by atoms with E-state index >= 15 is 0 Å². The van der Waals surface area contributed by atoms with Crippen LogP contribution in [0, 0.1) is 0 Å². The van der Waals surface area contributed by atoms with Gasteiger partial charge in [0.1, 0.15) is 23.4 Å². The molecule has 1 atom stereocenters. The Morgan fingerprint density at radius 1 is 1.25 bits per heavy atom. The minimum absolute atomic E-state index is 0.263. The zero-order chi connectivity index (χ0) is 23.1. The molecule has 0 bridgehead atoms. The Bertz CT molecular complexity index is 1030. The summed E-state index contributed by atoms with van der Waals surface area (Å²) in [6.07, 6.45) is 1.28. The summed E-state index contributed by atoms with van der Waals surface area (Å²) >= 11 is 1.05. The van der Waals surface area contributed by atoms with Crippen LogP contribution in [0.1, 0.15) is 42.9 Å². The summed E-state index contributed by atoms with van der Waals surface area (Å²) in [5.41, 5.74) is 2.88. The normalized spacial score (nSPS) is 17.2. The Kier molecular flexibility index (Phi) is 7.88. The molecule has 1 heterocycles. The Morgan fingerprint density at radius 3 is 2.66 bits per heavy atom. The van der Waals surface area contributed by atoms with E-state index in [2.05, 4.69) is 41.5 Å². The van der Waals surface area contributed by atoms with E-state index in [0.29, 0.717) is 18.3 Å². The van der Waals surface area contributed by atoms with E-state index in [1.807, 2.05) is 30.3 Å². The van der Waals surface area contributed by atoms with Crippen molar-refractivity contribution in [2.24, 2.45) is 10.2 Å². The quantitative estimate of drug-likeness (QED) is 0.440. The van der Waals surface area contributed by atoms with Crippen LogP contribution in [0.3, 0.4) is 0 Å². The molecule has 9 heteroatoms. The molecule has 1 amide bonds. The first-order chi connectivity index (χ1) is 15.4. The minimum atomic E-state index is -1.04. The molecule has 2 aromatic rings. The minimum Gasteiger partial charge on any atom is -0.496 e. The molecule has 1 aliphatic rings. The number of thioether (sulfide) groups is 1. The van der Waals surface area contributed by atoms with Gasteiger partial charge in [-0.15, -0.1) is 5.10 Å². The van der Waals surface area contributed by atoms with Crippen molar-refractivity contribution in [1.29, 1.82) is 0 Å². The van der Waals surface area contributed by atoms with Crippen molar-refractivity contribution in [2.45, 2.75) is 38.0 Å². The molecular formula is C23H25N3O5S. The van der Waals surface area contributed by atoms with Gasteiger partial charge >= 0.3 is 5.97 Å². The molecule has 1 saturated heterocycles. The molecule has 8 nitrogen and oxygen atoms in total. The summed E-state index contributed by atoms with van der Waals surface area (Å²) in [6.45, 7) is 4.61. The fourth-order valence-electron chi connectivity index (χ4n) is 2.99. The van der Waals surface area contributed by atoms with Crippen LogP contribution in [0.5, 0.6) is 11.5 Å². The molecule has 32 heavy (non-hydrogen) atoms. The molecule has 0 spiro atoms. The number of carbonyl (C=O) groups excluding carboxylic acids is 1. The maximum Gasteiger partial charge on any atom is 0.305 e. The van der Waals surface area contributed by atoms with Crippen molar-refractivity contribution in [3.05, 3.63) is 59.2 Å². The van der Waals surface area contributed by atoms with Gasteiger partial charge in [-0.05, 0) is 47.4 Å². The molecule has 0 aliphatic carbocycles. The number of nitrogens with zero attached hydrogens (tertiary/aromatic N) is 2. The van der Waals surface area contributed by atoms with Gasteiger partial charge in [0.2, 0.25) is 5.91 Å². The van der Waals surface area contributed by atoms with Crippen LogP contribution in [0.2, 0.25) is 0 Å². The summed E-state index contributed by atoms with van der Waals surface area (Å²) in [5, 5.41) is 18.9. The van der Waals surface area contributed by atoms with Crippen LogP contribution in [0.4, 0.5) is 0 Å². The summed E-state index contributed by atoms with van der Waals surface area (Å²) < 4.78 is 11.3. The smallest absolute Gasteiger partial charge is 0.305 e. The van der Waals surface area contributed by atoms with Gasteiger partial charge in [0.15, 0.2) is 5.17 Å². The van der Waals surface area contributed by atoms with E-state index in [-0.39, 0.29) is 17.5 Å². The van der Waals surface area contributed by atoms with Crippen molar-refractivity contribution in [3.8, 4) is 11.5 Å². The third-order valence-corrected chi connectivity index (χ3v) is 5.81. The van der Waals surface area contributed by atoms with E-state index in [4.69, 9.17) is 14.6 Å². The number of carbonyl (C=O) groups is 2. The van der Waals surface area contributed by atoms with E-state index in [1.54, 1.807) is 13.3 Å². The SMILES string of the molecule is COc1ccc(C=NN=C2NC(=O)C(CC(=O)O)S2)cc1COc1ccc(C(C)C)cc1. The van der Waals surface area contributed by atoms with Crippen LogP contribution < -0.4 is 14.8 Å². The predicted octanol–water partition coefficient (Wildman–Crippen LogP) is 3.79. The highest BCUT2D eigenvalue weighted by molar-refractivity contribution is 8.15. The van der Waals surface area contributed by atoms with Gasteiger partial charge in [-0.2, -0.15) is 5.10 Å². The lowest BCUT2D eigenvalue weighted by molar-refractivity contribution is -0.138. The van der Waals surface area contributed by atoms with E-state index < -0.39 is 11.2 Å². The number of carboxylic acid groups (broad SMARTS) is 1. The van der Waals surface area contributed by atoms with Crippen molar-refractivity contribution in [1.82, 2.24) is 5.32 Å². The predicted molar refractivity (Wildman–Crippen MR) is 125 cm³/mol. The monoisotopic (exact) mass is 455 g/mol. The molecule has 3 rings (SSSR count). The number of nitrogens with one attached hydrogen (secondary N) is 1. The Balaban J connectivity index is 1.65. The summed E-state index contributed by atoms with van der Waals surface area (Å²) in [6, 6.07) is 13.6. The second-order valence-electron chi connectivity index (χ2n) is 7.43.